The van der Waals surface area contributed by atoms with Crippen molar-refractivity contribution in [1.29, 1.82) is 0 Å². The van der Waals surface area contributed by atoms with Gasteiger partial charge in [-0.05, 0) is 42.5 Å². The second kappa shape index (κ2) is 8.26. The molecule has 0 radical (unpaired) electrons. The van der Waals surface area contributed by atoms with Crippen LogP contribution in [0.1, 0.15) is 6.92 Å². The van der Waals surface area contributed by atoms with Crippen molar-refractivity contribution < 1.29 is 15.0 Å². The van der Waals surface area contributed by atoms with Gasteiger partial charge in [-0.2, -0.15) is 0 Å². The van der Waals surface area contributed by atoms with E-state index in [9.17, 15) is 20.2 Å². The molecule has 132 valence electrons. The normalized spacial score (nSPS) is 11.0. The first-order valence-corrected chi connectivity index (χ1v) is 8.08. The number of aliphatic hydroxyl groups is 1. The Balaban J connectivity index is 2.22. The lowest BCUT2D eigenvalue weighted by Gasteiger charge is -2.21. The van der Waals surface area contributed by atoms with Crippen molar-refractivity contribution in [2.24, 2.45) is 10.2 Å². The van der Waals surface area contributed by atoms with E-state index in [1.807, 2.05) is 11.8 Å². The van der Waals surface area contributed by atoms with E-state index in [2.05, 4.69) is 10.2 Å². The van der Waals surface area contributed by atoms with Gasteiger partial charge < -0.3 is 10.0 Å². The minimum Gasteiger partial charge on any atom is -0.395 e. The van der Waals surface area contributed by atoms with Crippen LogP contribution in [-0.4, -0.2) is 34.6 Å². The number of likely N-dealkylation sites (N-methyl/N-ethyl adjacent to an activating group) is 1. The van der Waals surface area contributed by atoms with Gasteiger partial charge in [0.2, 0.25) is 5.00 Å². The number of rotatable bonds is 8. The van der Waals surface area contributed by atoms with Crippen LogP contribution in [0.2, 0.25) is 0 Å². The van der Waals surface area contributed by atoms with Gasteiger partial charge in [0.25, 0.3) is 0 Å². The molecule has 0 saturated heterocycles. The first-order valence-electron chi connectivity index (χ1n) is 7.26. The highest BCUT2D eigenvalue weighted by Gasteiger charge is 2.25. The summed E-state index contributed by atoms with van der Waals surface area (Å²) in [6.45, 7) is 3.23. The molecule has 0 saturated carbocycles. The van der Waals surface area contributed by atoms with Gasteiger partial charge in [0.1, 0.15) is 6.07 Å². The molecule has 0 aliphatic carbocycles. The second-order valence-electron chi connectivity index (χ2n) is 4.81. The summed E-state index contributed by atoms with van der Waals surface area (Å²) >= 11 is 0.596. The van der Waals surface area contributed by atoms with Gasteiger partial charge in [0.05, 0.1) is 22.1 Å². The SMILES string of the molecule is CCN(CCO)c1ccc(N=Nc2sc([N+](=O)[O-])cc2[N+](=O)[O-])cc1. The van der Waals surface area contributed by atoms with E-state index >= 15 is 0 Å². The fraction of sp³-hybridized carbons (Fsp3) is 0.286. The number of anilines is 1. The molecular weight excluding hydrogens is 350 g/mol. The maximum absolute atomic E-state index is 10.9. The van der Waals surface area contributed by atoms with Crippen LogP contribution in [0.15, 0.2) is 40.6 Å². The minimum absolute atomic E-state index is 0.0378. The summed E-state index contributed by atoms with van der Waals surface area (Å²) in [6.07, 6.45) is 0. The highest BCUT2D eigenvalue weighted by Crippen LogP contribution is 2.41. The zero-order valence-electron chi connectivity index (χ0n) is 13.2. The summed E-state index contributed by atoms with van der Waals surface area (Å²) in [5.41, 5.74) is 0.902. The van der Waals surface area contributed by atoms with E-state index in [0.717, 1.165) is 18.3 Å². The van der Waals surface area contributed by atoms with Crippen molar-refractivity contribution in [3.05, 3.63) is 50.6 Å². The number of benzene rings is 1. The van der Waals surface area contributed by atoms with E-state index in [1.165, 1.54) is 0 Å². The molecule has 2 aromatic rings. The Bertz CT molecular complexity index is 789. The molecule has 10 nitrogen and oxygen atoms in total. The molecule has 25 heavy (non-hydrogen) atoms. The molecule has 0 bridgehead atoms. The summed E-state index contributed by atoms with van der Waals surface area (Å²) in [5, 5.41) is 37.9. The zero-order chi connectivity index (χ0) is 18.4. The van der Waals surface area contributed by atoms with Gasteiger partial charge in [0.15, 0.2) is 0 Å². The molecule has 1 N–H and O–H groups in total. The van der Waals surface area contributed by atoms with Crippen LogP contribution in [0, 0.1) is 20.2 Å². The molecule has 0 amide bonds. The van der Waals surface area contributed by atoms with Crippen LogP contribution < -0.4 is 4.90 Å². The topological polar surface area (TPSA) is 134 Å². The Kier molecular flexibility index (Phi) is 6.08. The van der Waals surface area contributed by atoms with Crippen molar-refractivity contribution in [1.82, 2.24) is 0 Å². The molecule has 0 unspecified atom stereocenters. The number of thiophene rings is 1. The third kappa shape index (κ3) is 4.55. The van der Waals surface area contributed by atoms with Gasteiger partial charge in [-0.25, -0.2) is 0 Å². The van der Waals surface area contributed by atoms with Gasteiger partial charge in [-0.3, -0.25) is 20.2 Å². The molecule has 0 spiro atoms. The van der Waals surface area contributed by atoms with E-state index in [1.54, 1.807) is 24.3 Å². The lowest BCUT2D eigenvalue weighted by atomic mass is 10.2. The molecule has 2 rings (SSSR count). The zero-order valence-corrected chi connectivity index (χ0v) is 14.0. The van der Waals surface area contributed by atoms with E-state index in [0.29, 0.717) is 23.6 Å². The van der Waals surface area contributed by atoms with Gasteiger partial charge >= 0.3 is 10.7 Å². The average Bonchev–Trinajstić information content (AvgIpc) is 3.03. The van der Waals surface area contributed by atoms with Crippen molar-refractivity contribution in [3.63, 3.8) is 0 Å². The van der Waals surface area contributed by atoms with Crippen LogP contribution in [0.4, 0.5) is 27.1 Å². The maximum Gasteiger partial charge on any atom is 0.333 e. The van der Waals surface area contributed by atoms with E-state index < -0.39 is 15.5 Å². The van der Waals surface area contributed by atoms with Gasteiger partial charge in [-0.15, -0.1) is 10.2 Å². The van der Waals surface area contributed by atoms with Gasteiger partial charge in [0, 0.05) is 18.8 Å². The summed E-state index contributed by atoms with van der Waals surface area (Å²) in [4.78, 5) is 22.2. The molecule has 1 heterocycles. The van der Waals surface area contributed by atoms with Crippen LogP contribution in [0.25, 0.3) is 0 Å². The molecule has 0 fully saturated rings. The number of nitrogens with zero attached hydrogens (tertiary/aromatic N) is 5. The third-order valence-electron chi connectivity index (χ3n) is 3.28. The third-order valence-corrected chi connectivity index (χ3v) is 4.24. The number of aliphatic hydroxyl groups excluding tert-OH is 1. The Hall–Kier alpha value is -2.92. The molecule has 0 atom stereocenters. The predicted octanol–water partition coefficient (Wildman–Crippen LogP) is 3.80. The Morgan fingerprint density at radius 2 is 1.84 bits per heavy atom. The van der Waals surface area contributed by atoms with Crippen LogP contribution in [-0.2, 0) is 0 Å². The van der Waals surface area contributed by atoms with Crippen molar-refractivity contribution in [2.75, 3.05) is 24.6 Å². The predicted molar refractivity (Wildman–Crippen MR) is 93.2 cm³/mol. The molecule has 0 aliphatic rings. The fourth-order valence-corrected chi connectivity index (χ4v) is 2.84. The van der Waals surface area contributed by atoms with Crippen molar-refractivity contribution in [2.45, 2.75) is 6.92 Å². The number of hydrogen-bond donors (Lipinski definition) is 1. The average molecular weight is 365 g/mol. The Morgan fingerprint density at radius 1 is 1.16 bits per heavy atom. The quantitative estimate of drug-likeness (QED) is 0.429. The lowest BCUT2D eigenvalue weighted by Crippen LogP contribution is -2.25. The number of nitro groups is 2. The van der Waals surface area contributed by atoms with Gasteiger partial charge in [-0.1, -0.05) is 0 Å². The first-order chi connectivity index (χ1) is 12.0. The maximum atomic E-state index is 10.9. The number of azo groups is 1. The molecule has 1 aromatic heterocycles. The Labute approximate surface area is 146 Å². The highest BCUT2D eigenvalue weighted by molar-refractivity contribution is 7.19. The first kappa shape index (κ1) is 18.4. The molecular formula is C14H15N5O5S. The summed E-state index contributed by atoms with van der Waals surface area (Å²) < 4.78 is 0. The van der Waals surface area contributed by atoms with Crippen molar-refractivity contribution >= 4 is 38.4 Å². The van der Waals surface area contributed by atoms with E-state index in [4.69, 9.17) is 5.11 Å². The molecule has 11 heteroatoms. The number of hydrogen-bond acceptors (Lipinski definition) is 9. The smallest absolute Gasteiger partial charge is 0.333 e. The standard InChI is InChI=1S/C14H15N5O5S/c1-2-17(7-8-20)11-5-3-10(4-6-11)15-16-14-12(18(21)22)9-13(25-14)19(23)24/h3-6,9,20H,2,7-8H2,1H3. The van der Waals surface area contributed by atoms with Crippen LogP contribution in [0.3, 0.4) is 0 Å². The summed E-state index contributed by atoms with van der Waals surface area (Å²) in [6, 6.07) is 7.80. The lowest BCUT2D eigenvalue weighted by molar-refractivity contribution is -0.389. The highest BCUT2D eigenvalue weighted by atomic mass is 32.1. The monoisotopic (exact) mass is 365 g/mol. The molecule has 0 aliphatic heterocycles. The second-order valence-corrected chi connectivity index (χ2v) is 5.82. The fourth-order valence-electron chi connectivity index (χ4n) is 2.08. The Morgan fingerprint density at radius 3 is 2.36 bits per heavy atom. The molecule has 1 aromatic carbocycles. The summed E-state index contributed by atoms with van der Waals surface area (Å²) in [7, 11) is 0. The largest absolute Gasteiger partial charge is 0.395 e. The van der Waals surface area contributed by atoms with Crippen LogP contribution >= 0.6 is 11.3 Å². The van der Waals surface area contributed by atoms with E-state index in [-0.39, 0.29) is 16.6 Å². The minimum atomic E-state index is -0.727. The van der Waals surface area contributed by atoms with Crippen molar-refractivity contribution in [3.8, 4) is 0 Å². The summed E-state index contributed by atoms with van der Waals surface area (Å²) in [5.74, 6) is 0. The van der Waals surface area contributed by atoms with Crippen LogP contribution in [0.5, 0.6) is 0 Å².